The lowest BCUT2D eigenvalue weighted by Crippen LogP contribution is -2.48. The molecule has 13 heteroatoms. The van der Waals surface area contributed by atoms with E-state index in [4.69, 9.17) is 11.6 Å². The number of sulfonamides is 1. The van der Waals surface area contributed by atoms with Crippen molar-refractivity contribution in [2.24, 2.45) is 0 Å². The van der Waals surface area contributed by atoms with Crippen molar-refractivity contribution < 1.29 is 27.1 Å². The zero-order chi connectivity index (χ0) is 23.0. The molecule has 0 radical (unpaired) electrons. The molecule has 2 aliphatic rings. The van der Waals surface area contributed by atoms with E-state index in [1.165, 1.54) is 16.0 Å². The molecule has 2 fully saturated rings. The second-order valence-corrected chi connectivity index (χ2v) is 10.1. The van der Waals surface area contributed by atoms with Crippen molar-refractivity contribution >= 4 is 33.2 Å². The highest BCUT2D eigenvalue weighted by Gasteiger charge is 2.33. The topological polar surface area (TPSA) is 108 Å². The molecule has 3 heterocycles. The number of hydrogen-bond acceptors (Lipinski definition) is 6. The Balaban J connectivity index is 1.39. The first-order valence-corrected chi connectivity index (χ1v) is 11.9. The number of nitrogens with one attached hydrogen (secondary N) is 1. The zero-order valence-corrected chi connectivity index (χ0v) is 18.5. The average molecular weight is 490 g/mol. The van der Waals surface area contributed by atoms with Gasteiger partial charge in [0, 0.05) is 45.3 Å². The van der Waals surface area contributed by atoms with Gasteiger partial charge in [-0.2, -0.15) is 5.10 Å². The van der Waals surface area contributed by atoms with Crippen molar-refractivity contribution in [3.63, 3.8) is 0 Å². The molecule has 1 atom stereocenters. The number of halogens is 3. The maximum Gasteiger partial charge on any atom is 0.240 e. The summed E-state index contributed by atoms with van der Waals surface area (Å²) in [6.45, 7) is 0.679. The maximum absolute atomic E-state index is 14.6. The second kappa shape index (κ2) is 8.93. The van der Waals surface area contributed by atoms with Crippen molar-refractivity contribution in [1.82, 2.24) is 19.4 Å². The summed E-state index contributed by atoms with van der Waals surface area (Å²) in [4.78, 5) is 13.9. The summed E-state index contributed by atoms with van der Waals surface area (Å²) in [7, 11) is -4.27. The minimum absolute atomic E-state index is 0.0133. The number of aromatic nitrogens is 2. The van der Waals surface area contributed by atoms with Crippen molar-refractivity contribution in [2.45, 2.75) is 29.9 Å². The van der Waals surface area contributed by atoms with E-state index in [0.29, 0.717) is 24.4 Å². The van der Waals surface area contributed by atoms with Crippen LogP contribution in [0, 0.1) is 11.6 Å². The first-order valence-electron chi connectivity index (χ1n) is 10.0. The van der Waals surface area contributed by atoms with Gasteiger partial charge >= 0.3 is 0 Å². The van der Waals surface area contributed by atoms with Gasteiger partial charge in [0.2, 0.25) is 15.9 Å². The fourth-order valence-electron chi connectivity index (χ4n) is 3.82. The van der Waals surface area contributed by atoms with Crippen molar-refractivity contribution in [1.29, 1.82) is 0 Å². The van der Waals surface area contributed by atoms with Crippen LogP contribution in [0.25, 0.3) is 0 Å². The Morgan fingerprint density at radius 2 is 1.97 bits per heavy atom. The van der Waals surface area contributed by atoms with Crippen LogP contribution in [0.3, 0.4) is 0 Å². The molecule has 0 spiro atoms. The molecule has 0 saturated carbocycles. The molecule has 0 bridgehead atoms. The molecule has 2 N–H and O–H groups in total. The van der Waals surface area contributed by atoms with Crippen LogP contribution in [0.4, 0.5) is 14.5 Å². The number of carbonyl (C=O) groups is 1. The Labute approximate surface area is 188 Å². The lowest BCUT2D eigenvalue weighted by molar-refractivity contribution is -0.128. The predicted molar refractivity (Wildman–Crippen MR) is 112 cm³/mol. The van der Waals surface area contributed by atoms with Gasteiger partial charge in [0.05, 0.1) is 28.3 Å². The number of carbonyl (C=O) groups excluding carboxylic acids is 1. The van der Waals surface area contributed by atoms with Crippen LogP contribution in [-0.4, -0.2) is 72.9 Å². The molecule has 2 aromatic rings. The van der Waals surface area contributed by atoms with E-state index in [-0.39, 0.29) is 37.3 Å². The van der Waals surface area contributed by atoms with Gasteiger partial charge in [-0.3, -0.25) is 9.48 Å². The van der Waals surface area contributed by atoms with E-state index < -0.39 is 39.2 Å². The summed E-state index contributed by atoms with van der Waals surface area (Å²) in [6.07, 6.45) is 3.03. The molecule has 2 saturated heterocycles. The molecule has 1 aromatic heterocycles. The number of aliphatic hydroxyl groups excluding tert-OH is 1. The first-order chi connectivity index (χ1) is 15.1. The van der Waals surface area contributed by atoms with E-state index in [0.717, 1.165) is 12.1 Å². The number of anilines is 1. The minimum atomic E-state index is -4.27. The average Bonchev–Trinajstić information content (AvgIpc) is 3.29. The van der Waals surface area contributed by atoms with Gasteiger partial charge in [0.1, 0.15) is 5.69 Å². The largest absolute Gasteiger partial charge is 0.390 e. The van der Waals surface area contributed by atoms with E-state index in [1.54, 1.807) is 10.9 Å². The lowest BCUT2D eigenvalue weighted by Gasteiger charge is -2.41. The van der Waals surface area contributed by atoms with Crippen LogP contribution >= 0.6 is 11.6 Å². The molecule has 174 valence electrons. The first kappa shape index (κ1) is 22.9. The fraction of sp³-hybridized carbons (Fsp3) is 0.474. The smallest absolute Gasteiger partial charge is 0.240 e. The van der Waals surface area contributed by atoms with Crippen LogP contribution in [0.15, 0.2) is 29.4 Å². The molecule has 1 unspecified atom stereocenters. The van der Waals surface area contributed by atoms with Crippen molar-refractivity contribution in [2.75, 3.05) is 37.6 Å². The number of β-amino-alcohol motifs (C(OH)–C–C–N with tert-alkyl or cyclic N) is 1. The monoisotopic (exact) mass is 489 g/mol. The van der Waals surface area contributed by atoms with Crippen LogP contribution in [0.5, 0.6) is 0 Å². The number of hydrogen-bond donors (Lipinski definition) is 2. The Hall–Kier alpha value is -2.28. The van der Waals surface area contributed by atoms with Gasteiger partial charge in [-0.1, -0.05) is 11.6 Å². The summed E-state index contributed by atoms with van der Waals surface area (Å²) in [5.41, 5.74) is -0.314. The van der Waals surface area contributed by atoms with Gasteiger partial charge in [-0.15, -0.1) is 0 Å². The standard InChI is InChI=1S/C19H22ClF2N5O4S/c20-12-6-23-27(8-12)13-9-26(10-13)19-16(21)4-15(5-17(19)22)32(30,31)24-7-14(28)11-25-3-1-2-18(25)29/h4-6,8,13-14,24,28H,1-3,7,9-11H2. The maximum atomic E-state index is 14.6. The minimum Gasteiger partial charge on any atom is -0.390 e. The van der Waals surface area contributed by atoms with Crippen LogP contribution in [-0.2, 0) is 14.8 Å². The predicted octanol–water partition coefficient (Wildman–Crippen LogP) is 1.14. The Morgan fingerprint density at radius 3 is 2.53 bits per heavy atom. The Bertz CT molecular complexity index is 1100. The number of benzene rings is 1. The van der Waals surface area contributed by atoms with Crippen LogP contribution in [0.2, 0.25) is 5.02 Å². The molecule has 9 nitrogen and oxygen atoms in total. The summed E-state index contributed by atoms with van der Waals surface area (Å²) >= 11 is 5.83. The summed E-state index contributed by atoms with van der Waals surface area (Å²) in [5, 5.41) is 14.6. The molecule has 2 aliphatic heterocycles. The molecule has 1 aromatic carbocycles. The van der Waals surface area contributed by atoms with Gasteiger partial charge in [0.15, 0.2) is 11.6 Å². The lowest BCUT2D eigenvalue weighted by atomic mass is 10.1. The van der Waals surface area contributed by atoms with Crippen molar-refractivity contribution in [3.8, 4) is 0 Å². The number of aliphatic hydroxyl groups is 1. The van der Waals surface area contributed by atoms with Gasteiger partial charge < -0.3 is 14.9 Å². The van der Waals surface area contributed by atoms with Gasteiger partial charge in [0.25, 0.3) is 0 Å². The summed E-state index contributed by atoms with van der Waals surface area (Å²) < 4.78 is 58.0. The van der Waals surface area contributed by atoms with Crippen LogP contribution < -0.4 is 9.62 Å². The Kier molecular flexibility index (Phi) is 6.39. The van der Waals surface area contributed by atoms with E-state index in [1.807, 2.05) is 0 Å². The quantitative estimate of drug-likeness (QED) is 0.575. The third kappa shape index (κ3) is 4.72. The molecular formula is C19H22ClF2N5O4S. The highest BCUT2D eigenvalue weighted by molar-refractivity contribution is 7.89. The van der Waals surface area contributed by atoms with Crippen LogP contribution in [0.1, 0.15) is 18.9 Å². The Morgan fingerprint density at radius 1 is 1.28 bits per heavy atom. The molecule has 32 heavy (non-hydrogen) atoms. The van der Waals surface area contributed by atoms with E-state index in [9.17, 15) is 27.1 Å². The van der Waals surface area contributed by atoms with Gasteiger partial charge in [-0.05, 0) is 18.6 Å². The van der Waals surface area contributed by atoms with Crippen molar-refractivity contribution in [3.05, 3.63) is 41.2 Å². The van der Waals surface area contributed by atoms with E-state index in [2.05, 4.69) is 9.82 Å². The van der Waals surface area contributed by atoms with E-state index >= 15 is 0 Å². The SMILES string of the molecule is O=C1CCCN1CC(O)CNS(=O)(=O)c1cc(F)c(N2CC(n3cc(Cl)cn3)C2)c(F)c1. The zero-order valence-electron chi connectivity index (χ0n) is 16.9. The fourth-order valence-corrected chi connectivity index (χ4v) is 5.06. The number of nitrogens with zero attached hydrogens (tertiary/aromatic N) is 4. The van der Waals surface area contributed by atoms with Gasteiger partial charge in [-0.25, -0.2) is 21.9 Å². The second-order valence-electron chi connectivity index (χ2n) is 7.88. The highest BCUT2D eigenvalue weighted by atomic mass is 35.5. The molecular weight excluding hydrogens is 468 g/mol. The number of rotatable bonds is 8. The number of amides is 1. The third-order valence-corrected chi connectivity index (χ3v) is 7.13. The number of likely N-dealkylation sites (tertiary alicyclic amines) is 1. The highest BCUT2D eigenvalue weighted by Crippen LogP contribution is 2.33. The molecule has 1 amide bonds. The summed E-state index contributed by atoms with van der Waals surface area (Å²) in [5.74, 6) is -2.12. The summed E-state index contributed by atoms with van der Waals surface area (Å²) in [6, 6.07) is 1.39. The molecule has 4 rings (SSSR count). The third-order valence-electron chi connectivity index (χ3n) is 5.53. The molecule has 0 aliphatic carbocycles. The normalized spacial score (nSPS) is 18.3.